The van der Waals surface area contributed by atoms with Gasteiger partial charge in [-0.25, -0.2) is 14.1 Å². The van der Waals surface area contributed by atoms with Gasteiger partial charge < -0.3 is 19.3 Å². The summed E-state index contributed by atoms with van der Waals surface area (Å²) in [6.07, 6.45) is 0.500. The molecule has 0 saturated carbocycles. The smallest absolute Gasteiger partial charge is 0.373 e. The van der Waals surface area contributed by atoms with Crippen molar-refractivity contribution in [3.05, 3.63) is 254 Å². The van der Waals surface area contributed by atoms with E-state index in [4.69, 9.17) is 98.0 Å². The van der Waals surface area contributed by atoms with Gasteiger partial charge in [-0.15, -0.1) is 0 Å². The lowest BCUT2D eigenvalue weighted by atomic mass is 10.2. The van der Waals surface area contributed by atoms with Gasteiger partial charge in [0, 0.05) is 15.1 Å². The number of aryl methyl sites for hydroxylation is 1. The van der Waals surface area contributed by atoms with Crippen LogP contribution < -0.4 is 14.2 Å². The number of rotatable bonds is 6. The zero-order chi connectivity index (χ0) is 49.9. The fourth-order valence-electron chi connectivity index (χ4n) is 4.68. The van der Waals surface area contributed by atoms with Crippen LogP contribution in [-0.4, -0.2) is 17.4 Å². The molecule has 0 radical (unpaired) electrons. The molecule has 8 rings (SSSR count). The first kappa shape index (κ1) is 55.9. The molecule has 0 saturated heterocycles. The summed E-state index contributed by atoms with van der Waals surface area (Å²) < 4.78 is 29.1. The highest BCUT2D eigenvalue weighted by molar-refractivity contribution is 6.33. The van der Waals surface area contributed by atoms with Crippen LogP contribution in [-0.2, 0) is 19.2 Å². The second-order valence-electron chi connectivity index (χ2n) is 12.5. The van der Waals surface area contributed by atoms with Crippen LogP contribution in [0.25, 0.3) is 9.69 Å². The monoisotopic (exact) mass is 988 g/mol. The number of nitrogens with zero attached hydrogens (tertiary/aromatic N) is 2. The maximum absolute atomic E-state index is 12.3. The number of hydrogen-bond acceptors (Lipinski definition) is 8. The lowest BCUT2D eigenvalue weighted by Crippen LogP contribution is -1.84. The van der Waals surface area contributed by atoms with Crippen molar-refractivity contribution >= 4 is 70.1 Å². The summed E-state index contributed by atoms with van der Waals surface area (Å²) in [4.78, 5) is 38.8. The second-order valence-corrected chi connectivity index (χ2v) is 14.2. The lowest BCUT2D eigenvalue weighted by molar-refractivity contribution is -0.193. The van der Waals surface area contributed by atoms with E-state index in [1.54, 1.807) is 48.5 Å². The Balaban J connectivity index is 0.000000289. The molecule has 8 aromatic carbocycles. The van der Waals surface area contributed by atoms with E-state index in [9.17, 15) is 4.39 Å². The first-order valence-electron chi connectivity index (χ1n) is 19.3. The van der Waals surface area contributed by atoms with Crippen molar-refractivity contribution < 1.29 is 42.9 Å². The van der Waals surface area contributed by atoms with Crippen LogP contribution in [0.1, 0.15) is 5.56 Å². The summed E-state index contributed by atoms with van der Waals surface area (Å²) >= 11 is 23.2. The van der Waals surface area contributed by atoms with Crippen LogP contribution in [0.5, 0.6) is 40.2 Å². The normalized spacial score (nSPS) is 8.88. The van der Waals surface area contributed by atoms with Gasteiger partial charge in [0.15, 0.2) is 0 Å². The first-order valence-corrected chi connectivity index (χ1v) is 20.8. The molecule has 1 N–H and O–H groups in total. The summed E-state index contributed by atoms with van der Waals surface area (Å²) in [6.45, 7) is 15.4. The Morgan fingerprint density at radius 1 is 0.441 bits per heavy atom. The molecule has 8 aromatic rings. The molecule has 0 heterocycles. The van der Waals surface area contributed by atoms with Gasteiger partial charge in [0.2, 0.25) is 11.4 Å². The van der Waals surface area contributed by atoms with E-state index in [-0.39, 0.29) is 23.0 Å². The number of ether oxygens (including phenoxy) is 3. The van der Waals surface area contributed by atoms with Crippen LogP contribution in [0.15, 0.2) is 200 Å². The Morgan fingerprint density at radius 2 is 0.794 bits per heavy atom. The summed E-state index contributed by atoms with van der Waals surface area (Å²) in [7, 11) is 0. The minimum Gasteiger partial charge on any atom is -0.508 e. The Hall–Kier alpha value is -8.21. The van der Waals surface area contributed by atoms with E-state index in [1.807, 2.05) is 140 Å². The highest BCUT2D eigenvalue weighted by atomic mass is 35.5. The third-order valence-corrected chi connectivity index (χ3v) is 8.95. The van der Waals surface area contributed by atoms with Gasteiger partial charge in [0.1, 0.15) is 46.1 Å². The molecule has 0 aliphatic heterocycles. The highest BCUT2D eigenvalue weighted by Gasteiger charge is 2.03. The van der Waals surface area contributed by atoms with Gasteiger partial charge in [0.25, 0.3) is 0 Å². The van der Waals surface area contributed by atoms with Gasteiger partial charge in [-0.05, 0) is 116 Å². The maximum atomic E-state index is 12.3. The predicted octanol–water partition coefficient (Wildman–Crippen LogP) is 16.5. The SMILES string of the molecule is Cc1ccc(Oc2ccccc2)cc1Cl.Clc1cccc(Oc2ccccc2)c1.O=C=O.O=C=O.Oc1ccccc1.[C-]#[N+]c1ccc(F)cc1Cl.[C-]#[N+]c1ccc(Oc2ccccc2)cc1Cl. The summed E-state index contributed by atoms with van der Waals surface area (Å²) in [5.41, 5.74) is 1.77. The number of hydrogen-bond donors (Lipinski definition) is 1. The Bertz CT molecular complexity index is 2860. The number of benzene rings is 8. The summed E-state index contributed by atoms with van der Waals surface area (Å²) in [5, 5.41) is 10.6. The Kier molecular flexibility index (Phi) is 27.4. The molecule has 0 aromatic heterocycles. The standard InChI is InChI=1S/C13H8ClNO.C13H11ClO.C12H9ClO.C7H3ClFN.C6H6O.2CO2/c1-15-13-8-7-11(9-12(13)14)16-10-5-3-2-4-6-10;1-10-7-8-12(9-13(10)14)15-11-5-3-2-4-6-11;13-10-5-4-8-12(9-10)14-11-6-2-1-3-7-11;1-10-7-3-2-5(9)4-6(7)8;7-6-4-2-1-3-5-6;2*2-1-3/h2-9H;2-9H,1H3;1-9H;2-4H;1-5,7H;;. The highest BCUT2D eigenvalue weighted by Crippen LogP contribution is 2.32. The van der Waals surface area contributed by atoms with Crippen molar-refractivity contribution in [2.75, 3.05) is 0 Å². The van der Waals surface area contributed by atoms with Gasteiger partial charge in [0.05, 0.1) is 18.2 Å². The zero-order valence-corrected chi connectivity index (χ0v) is 38.7. The topological polar surface area (TPSA) is 125 Å². The van der Waals surface area contributed by atoms with Crippen molar-refractivity contribution in [1.29, 1.82) is 0 Å². The summed E-state index contributed by atoms with van der Waals surface area (Å²) in [6, 6.07) is 59.1. The van der Waals surface area contributed by atoms with E-state index < -0.39 is 5.82 Å². The van der Waals surface area contributed by atoms with Gasteiger partial charge in [-0.1, -0.05) is 143 Å². The first-order chi connectivity index (χ1) is 32.8. The average Bonchev–Trinajstić information content (AvgIpc) is 3.33. The third-order valence-electron chi connectivity index (χ3n) is 7.70. The van der Waals surface area contributed by atoms with E-state index in [2.05, 4.69) is 9.69 Å². The molecule has 15 heteroatoms. The largest absolute Gasteiger partial charge is 0.508 e. The molecule has 342 valence electrons. The van der Waals surface area contributed by atoms with Crippen molar-refractivity contribution in [1.82, 2.24) is 0 Å². The quantitative estimate of drug-likeness (QED) is 0.163. The molecule has 0 unspecified atom stereocenters. The molecule has 0 spiro atoms. The molecule has 0 fully saturated rings. The van der Waals surface area contributed by atoms with E-state index in [0.29, 0.717) is 27.2 Å². The van der Waals surface area contributed by atoms with Crippen LogP contribution in [0.2, 0.25) is 20.1 Å². The van der Waals surface area contributed by atoms with Crippen LogP contribution in [0.4, 0.5) is 15.8 Å². The molecular weight excluding hydrogens is 953 g/mol. The van der Waals surface area contributed by atoms with Crippen molar-refractivity contribution in [3.8, 4) is 40.2 Å². The minimum atomic E-state index is -0.419. The maximum Gasteiger partial charge on any atom is 0.373 e. The molecule has 10 nitrogen and oxygen atoms in total. The fraction of sp³-hybridized carbons (Fsp3) is 0.0189. The summed E-state index contributed by atoms with van der Waals surface area (Å²) in [5.74, 6) is 4.42. The Labute approximate surface area is 412 Å². The van der Waals surface area contributed by atoms with E-state index in [1.165, 1.54) is 12.1 Å². The Morgan fingerprint density at radius 3 is 1.15 bits per heavy atom. The zero-order valence-electron chi connectivity index (χ0n) is 35.6. The molecule has 0 bridgehead atoms. The van der Waals surface area contributed by atoms with E-state index >= 15 is 0 Å². The lowest BCUT2D eigenvalue weighted by Gasteiger charge is -2.06. The average molecular weight is 991 g/mol. The number of phenolic OH excluding ortho intramolecular Hbond substituents is 1. The van der Waals surface area contributed by atoms with Crippen molar-refractivity contribution in [2.45, 2.75) is 6.92 Å². The second kappa shape index (κ2) is 33.3. The van der Waals surface area contributed by atoms with Crippen molar-refractivity contribution in [2.24, 2.45) is 0 Å². The molecule has 68 heavy (non-hydrogen) atoms. The van der Waals surface area contributed by atoms with Crippen LogP contribution in [0.3, 0.4) is 0 Å². The molecule has 0 aliphatic carbocycles. The van der Waals surface area contributed by atoms with Crippen LogP contribution in [0, 0.1) is 25.9 Å². The van der Waals surface area contributed by atoms with Gasteiger partial charge in [-0.3, -0.25) is 0 Å². The molecule has 0 atom stereocenters. The molecular formula is C53H37Cl4FN2O8. The number of carbonyl (C=O) groups excluding carboxylic acids is 4. The number of aromatic hydroxyl groups is 1. The van der Waals surface area contributed by atoms with Gasteiger partial charge in [-0.2, -0.15) is 19.2 Å². The number of phenols is 1. The molecule has 0 amide bonds. The van der Waals surface area contributed by atoms with Gasteiger partial charge >= 0.3 is 12.3 Å². The fourth-order valence-corrected chi connectivity index (χ4v) is 5.46. The minimum absolute atomic E-state index is 0.162. The predicted molar refractivity (Wildman–Crippen MR) is 261 cm³/mol. The van der Waals surface area contributed by atoms with Crippen LogP contribution >= 0.6 is 46.4 Å². The van der Waals surface area contributed by atoms with Crippen molar-refractivity contribution in [3.63, 3.8) is 0 Å². The molecule has 0 aliphatic rings. The number of halogens is 5. The number of para-hydroxylation sites is 4. The third kappa shape index (κ3) is 23.6. The van der Waals surface area contributed by atoms with E-state index in [0.717, 1.165) is 45.4 Å².